The lowest BCUT2D eigenvalue weighted by Gasteiger charge is -2.21. The third kappa shape index (κ3) is 10.4. The highest BCUT2D eigenvalue weighted by Crippen LogP contribution is 2.24. The van der Waals surface area contributed by atoms with Gasteiger partial charge in [-0.1, -0.05) is 79.1 Å². The molecule has 0 saturated heterocycles. The molecule has 1 N–H and O–H groups in total. The third-order valence-electron chi connectivity index (χ3n) is 4.60. The summed E-state index contributed by atoms with van der Waals surface area (Å²) in [6.45, 7) is 9.08. The fraction of sp³-hybridized carbons (Fsp3) is 1.00. The fourth-order valence-corrected chi connectivity index (χ4v) is 2.96. The van der Waals surface area contributed by atoms with Crippen molar-refractivity contribution < 1.29 is 5.11 Å². The molecule has 0 bridgehead atoms. The van der Waals surface area contributed by atoms with E-state index in [2.05, 4.69) is 27.7 Å². The average molecular weight is 271 g/mol. The molecule has 3 atom stereocenters. The van der Waals surface area contributed by atoms with Gasteiger partial charge in [0.15, 0.2) is 0 Å². The molecule has 19 heavy (non-hydrogen) atoms. The molecule has 0 aliphatic heterocycles. The Balaban J connectivity index is 3.83. The minimum absolute atomic E-state index is 0.0579. The number of aliphatic hydroxyl groups excluding tert-OH is 1. The van der Waals surface area contributed by atoms with Crippen LogP contribution in [0.5, 0.6) is 0 Å². The van der Waals surface area contributed by atoms with E-state index >= 15 is 0 Å². The van der Waals surface area contributed by atoms with E-state index in [9.17, 15) is 5.11 Å². The monoisotopic (exact) mass is 270 g/mol. The van der Waals surface area contributed by atoms with Gasteiger partial charge in [-0.15, -0.1) is 0 Å². The van der Waals surface area contributed by atoms with Crippen molar-refractivity contribution in [3.8, 4) is 0 Å². The van der Waals surface area contributed by atoms with Gasteiger partial charge in [0.05, 0.1) is 6.10 Å². The Morgan fingerprint density at radius 1 is 0.684 bits per heavy atom. The van der Waals surface area contributed by atoms with Crippen molar-refractivity contribution in [1.29, 1.82) is 0 Å². The average Bonchev–Trinajstić information content (AvgIpc) is 2.43. The Hall–Kier alpha value is -0.0400. The molecular formula is C18H38O. The van der Waals surface area contributed by atoms with Gasteiger partial charge in [0.2, 0.25) is 0 Å². The maximum absolute atomic E-state index is 10.2. The van der Waals surface area contributed by atoms with Crippen LogP contribution in [0.1, 0.15) is 98.3 Å². The van der Waals surface area contributed by atoms with Crippen LogP contribution in [0, 0.1) is 11.8 Å². The van der Waals surface area contributed by atoms with Crippen molar-refractivity contribution >= 4 is 0 Å². The lowest BCUT2D eigenvalue weighted by atomic mass is 9.88. The first-order valence-corrected chi connectivity index (χ1v) is 8.85. The molecule has 1 nitrogen and oxygen atoms in total. The first-order valence-electron chi connectivity index (χ1n) is 8.85. The van der Waals surface area contributed by atoms with Crippen LogP contribution in [0.4, 0.5) is 0 Å². The molecule has 0 spiro atoms. The van der Waals surface area contributed by atoms with Gasteiger partial charge in [-0.3, -0.25) is 0 Å². The highest BCUT2D eigenvalue weighted by Gasteiger charge is 2.14. The van der Waals surface area contributed by atoms with Crippen LogP contribution in [0.3, 0.4) is 0 Å². The molecule has 0 fully saturated rings. The highest BCUT2D eigenvalue weighted by atomic mass is 16.3. The Morgan fingerprint density at radius 3 is 1.68 bits per heavy atom. The van der Waals surface area contributed by atoms with Gasteiger partial charge in [-0.2, -0.15) is 0 Å². The molecule has 0 aromatic rings. The summed E-state index contributed by atoms with van der Waals surface area (Å²) < 4.78 is 0. The van der Waals surface area contributed by atoms with Gasteiger partial charge in [0.25, 0.3) is 0 Å². The number of rotatable bonds is 13. The second kappa shape index (κ2) is 13.0. The number of unbranched alkanes of at least 4 members (excludes halogenated alkanes) is 2. The van der Waals surface area contributed by atoms with E-state index in [-0.39, 0.29) is 6.10 Å². The molecule has 0 rings (SSSR count). The SMILES string of the molecule is CCCCC(CC)CCC(O)CC(CC)CCCC. The zero-order valence-electron chi connectivity index (χ0n) is 14.0. The molecule has 0 aliphatic rings. The van der Waals surface area contributed by atoms with Crippen LogP contribution in [0.25, 0.3) is 0 Å². The van der Waals surface area contributed by atoms with Crippen LogP contribution in [0.2, 0.25) is 0 Å². The fourth-order valence-electron chi connectivity index (χ4n) is 2.96. The zero-order chi connectivity index (χ0) is 14.5. The second-order valence-corrected chi connectivity index (χ2v) is 6.30. The second-order valence-electron chi connectivity index (χ2n) is 6.30. The Kier molecular flexibility index (Phi) is 12.9. The van der Waals surface area contributed by atoms with Gasteiger partial charge in [-0.05, 0) is 31.1 Å². The van der Waals surface area contributed by atoms with Crippen LogP contribution in [0.15, 0.2) is 0 Å². The summed E-state index contributed by atoms with van der Waals surface area (Å²) in [4.78, 5) is 0. The van der Waals surface area contributed by atoms with Crippen LogP contribution in [-0.2, 0) is 0 Å². The predicted octanol–water partition coefficient (Wildman–Crippen LogP) is 5.95. The van der Waals surface area contributed by atoms with Crippen molar-refractivity contribution in [2.45, 2.75) is 104 Å². The molecule has 116 valence electrons. The topological polar surface area (TPSA) is 20.2 Å². The molecule has 1 heteroatoms. The van der Waals surface area contributed by atoms with Gasteiger partial charge >= 0.3 is 0 Å². The molecule has 0 aromatic heterocycles. The van der Waals surface area contributed by atoms with Crippen LogP contribution in [-0.4, -0.2) is 11.2 Å². The van der Waals surface area contributed by atoms with Crippen LogP contribution < -0.4 is 0 Å². The minimum Gasteiger partial charge on any atom is -0.393 e. The van der Waals surface area contributed by atoms with Gasteiger partial charge in [0, 0.05) is 0 Å². The molecule has 0 amide bonds. The lowest BCUT2D eigenvalue weighted by molar-refractivity contribution is 0.119. The van der Waals surface area contributed by atoms with Crippen molar-refractivity contribution in [3.05, 3.63) is 0 Å². The number of hydrogen-bond acceptors (Lipinski definition) is 1. The predicted molar refractivity (Wildman–Crippen MR) is 86.5 cm³/mol. The smallest absolute Gasteiger partial charge is 0.0543 e. The molecular weight excluding hydrogens is 232 g/mol. The lowest BCUT2D eigenvalue weighted by Crippen LogP contribution is -2.15. The van der Waals surface area contributed by atoms with E-state index < -0.39 is 0 Å². The first kappa shape index (κ1) is 19.0. The maximum Gasteiger partial charge on any atom is 0.0543 e. The van der Waals surface area contributed by atoms with E-state index in [1.165, 1.54) is 57.8 Å². The number of hydrogen-bond donors (Lipinski definition) is 1. The largest absolute Gasteiger partial charge is 0.393 e. The maximum atomic E-state index is 10.2. The summed E-state index contributed by atoms with van der Waals surface area (Å²) in [5.74, 6) is 1.58. The summed E-state index contributed by atoms with van der Waals surface area (Å²) in [5, 5.41) is 10.2. The Morgan fingerprint density at radius 2 is 1.21 bits per heavy atom. The summed E-state index contributed by atoms with van der Waals surface area (Å²) in [5.41, 5.74) is 0. The molecule has 0 aliphatic carbocycles. The molecule has 0 saturated carbocycles. The van der Waals surface area contributed by atoms with E-state index in [0.29, 0.717) is 0 Å². The number of aliphatic hydroxyl groups is 1. The van der Waals surface area contributed by atoms with E-state index in [1.54, 1.807) is 0 Å². The Labute approximate surface area is 122 Å². The molecule has 0 heterocycles. The third-order valence-corrected chi connectivity index (χ3v) is 4.60. The summed E-state index contributed by atoms with van der Waals surface area (Å²) in [6.07, 6.45) is 13.6. The van der Waals surface area contributed by atoms with Gasteiger partial charge in [0.1, 0.15) is 0 Å². The summed E-state index contributed by atoms with van der Waals surface area (Å²) >= 11 is 0. The highest BCUT2D eigenvalue weighted by molar-refractivity contribution is 4.67. The normalized spacial score (nSPS) is 16.3. The molecule has 0 radical (unpaired) electrons. The summed E-state index contributed by atoms with van der Waals surface area (Å²) in [7, 11) is 0. The first-order chi connectivity index (χ1) is 9.17. The van der Waals surface area contributed by atoms with Crippen molar-refractivity contribution in [2.24, 2.45) is 11.8 Å². The summed E-state index contributed by atoms with van der Waals surface area (Å²) in [6, 6.07) is 0. The van der Waals surface area contributed by atoms with Crippen molar-refractivity contribution in [3.63, 3.8) is 0 Å². The quantitative estimate of drug-likeness (QED) is 0.438. The van der Waals surface area contributed by atoms with E-state index in [0.717, 1.165) is 24.7 Å². The van der Waals surface area contributed by atoms with Gasteiger partial charge in [-0.25, -0.2) is 0 Å². The zero-order valence-corrected chi connectivity index (χ0v) is 14.0. The molecule has 3 unspecified atom stereocenters. The van der Waals surface area contributed by atoms with Gasteiger partial charge < -0.3 is 5.11 Å². The van der Waals surface area contributed by atoms with E-state index in [1.807, 2.05) is 0 Å². The van der Waals surface area contributed by atoms with E-state index in [4.69, 9.17) is 0 Å². The van der Waals surface area contributed by atoms with Crippen LogP contribution >= 0.6 is 0 Å². The molecule has 0 aromatic carbocycles. The standard InChI is InChI=1S/C18H38O/c1-5-9-11-16(7-3)13-14-18(19)15-17(8-4)12-10-6-2/h16-19H,5-15H2,1-4H3. The minimum atomic E-state index is -0.0579. The Bertz CT molecular complexity index is 179. The van der Waals surface area contributed by atoms with Crippen molar-refractivity contribution in [2.75, 3.05) is 0 Å². The van der Waals surface area contributed by atoms with Crippen molar-refractivity contribution in [1.82, 2.24) is 0 Å².